The van der Waals surface area contributed by atoms with E-state index >= 15 is 0 Å². The number of alkyl halides is 3. The minimum absolute atomic E-state index is 0.0115. The average Bonchev–Trinajstić information content (AvgIpc) is 2.62. The molecule has 0 spiro atoms. The Morgan fingerprint density at radius 1 is 1.55 bits per heavy atom. The van der Waals surface area contributed by atoms with E-state index in [9.17, 15) is 18.0 Å². The van der Waals surface area contributed by atoms with E-state index in [0.717, 1.165) is 11.3 Å². The van der Waals surface area contributed by atoms with Crippen LogP contribution in [0.3, 0.4) is 0 Å². The second-order valence-electron chi connectivity index (χ2n) is 4.10. The molecular weight excluding hydrogens is 293 g/mol. The zero-order valence-electron chi connectivity index (χ0n) is 10.8. The van der Waals surface area contributed by atoms with Gasteiger partial charge in [0.25, 0.3) is 5.91 Å². The van der Waals surface area contributed by atoms with E-state index in [0.29, 0.717) is 0 Å². The van der Waals surface area contributed by atoms with Crippen molar-refractivity contribution in [2.45, 2.75) is 25.6 Å². The molecule has 20 heavy (non-hydrogen) atoms. The second-order valence-corrected chi connectivity index (χ2v) is 5.13. The number of carbonyl (C=O) groups excluding carboxylic acids is 1. The van der Waals surface area contributed by atoms with Gasteiger partial charge in [0, 0.05) is 13.1 Å². The van der Waals surface area contributed by atoms with Crippen LogP contribution >= 0.6 is 11.3 Å². The Labute approximate surface area is 117 Å². The molecule has 1 aromatic rings. The van der Waals surface area contributed by atoms with Crippen LogP contribution in [0.15, 0.2) is 0 Å². The van der Waals surface area contributed by atoms with Crippen molar-refractivity contribution in [2.24, 2.45) is 0 Å². The molecule has 1 amide bonds. The molecule has 0 saturated heterocycles. The van der Waals surface area contributed by atoms with Gasteiger partial charge in [-0.2, -0.15) is 18.4 Å². The maximum atomic E-state index is 12.3. The van der Waals surface area contributed by atoms with Crippen molar-refractivity contribution in [3.63, 3.8) is 0 Å². The van der Waals surface area contributed by atoms with E-state index in [-0.39, 0.29) is 21.1 Å². The Kier molecular flexibility index (Phi) is 4.83. The molecule has 1 heterocycles. The highest BCUT2D eigenvalue weighted by atomic mass is 32.1. The summed E-state index contributed by atoms with van der Waals surface area (Å²) in [5.74, 6) is -0.486. The Morgan fingerprint density at radius 3 is 2.60 bits per heavy atom. The van der Waals surface area contributed by atoms with Gasteiger partial charge in [-0.1, -0.05) is 0 Å². The number of anilines is 2. The van der Waals surface area contributed by atoms with Crippen molar-refractivity contribution in [1.82, 2.24) is 5.32 Å². The summed E-state index contributed by atoms with van der Waals surface area (Å²) in [5, 5.41) is 14.1. The first-order valence-electron chi connectivity index (χ1n) is 5.57. The van der Waals surface area contributed by atoms with E-state index < -0.39 is 24.5 Å². The Morgan fingerprint density at radius 2 is 2.15 bits per heavy atom. The summed E-state index contributed by atoms with van der Waals surface area (Å²) in [5.41, 5.74) is 5.62. The van der Waals surface area contributed by atoms with Gasteiger partial charge in [-0.3, -0.25) is 4.79 Å². The van der Waals surface area contributed by atoms with Crippen molar-refractivity contribution in [1.29, 1.82) is 5.26 Å². The third kappa shape index (κ3) is 3.77. The van der Waals surface area contributed by atoms with E-state index in [1.54, 1.807) is 6.07 Å². The maximum Gasteiger partial charge on any atom is 0.391 e. The number of thiophene rings is 1. The van der Waals surface area contributed by atoms with Crippen LogP contribution in [0, 0.1) is 11.3 Å². The van der Waals surface area contributed by atoms with Gasteiger partial charge in [0.1, 0.15) is 21.5 Å². The number of nitriles is 1. The number of carbonyl (C=O) groups is 1. The van der Waals surface area contributed by atoms with Crippen LogP contribution < -0.4 is 16.4 Å². The number of halogens is 3. The highest BCUT2D eigenvalue weighted by Gasteiger charge is 2.31. The third-order valence-electron chi connectivity index (χ3n) is 2.41. The number of nitrogens with one attached hydrogen (secondary N) is 2. The Balaban J connectivity index is 3.02. The third-order valence-corrected chi connectivity index (χ3v) is 3.54. The molecule has 1 unspecified atom stereocenters. The van der Waals surface area contributed by atoms with Gasteiger partial charge in [0.05, 0.1) is 12.1 Å². The van der Waals surface area contributed by atoms with Crippen LogP contribution in [0.25, 0.3) is 0 Å². The second kappa shape index (κ2) is 6.00. The van der Waals surface area contributed by atoms with Crippen LogP contribution in [-0.2, 0) is 0 Å². The summed E-state index contributed by atoms with van der Waals surface area (Å²) < 4.78 is 36.8. The lowest BCUT2D eigenvalue weighted by molar-refractivity contribution is -0.136. The maximum absolute atomic E-state index is 12.3. The summed E-state index contributed by atoms with van der Waals surface area (Å²) in [7, 11) is 1.40. The van der Waals surface area contributed by atoms with E-state index in [1.165, 1.54) is 14.0 Å². The van der Waals surface area contributed by atoms with Crippen molar-refractivity contribution >= 4 is 27.9 Å². The fourth-order valence-corrected chi connectivity index (χ4v) is 2.69. The predicted molar refractivity (Wildman–Crippen MR) is 70.6 cm³/mol. The minimum atomic E-state index is -4.31. The topological polar surface area (TPSA) is 90.9 Å². The van der Waals surface area contributed by atoms with Crippen molar-refractivity contribution in [3.8, 4) is 6.07 Å². The molecule has 1 rings (SSSR count). The molecule has 0 bridgehead atoms. The summed E-state index contributed by atoms with van der Waals surface area (Å²) in [6, 6.07) is 0.860. The molecule has 0 aliphatic carbocycles. The Bertz CT molecular complexity index is 547. The van der Waals surface area contributed by atoms with Gasteiger partial charge in [-0.05, 0) is 6.92 Å². The van der Waals surface area contributed by atoms with Crippen LogP contribution in [0.2, 0.25) is 0 Å². The summed E-state index contributed by atoms with van der Waals surface area (Å²) in [6.45, 7) is 1.34. The lowest BCUT2D eigenvalue weighted by atomic mass is 10.2. The molecule has 0 radical (unpaired) electrons. The highest BCUT2D eigenvalue weighted by Crippen LogP contribution is 2.36. The Hall–Kier alpha value is -1.95. The minimum Gasteiger partial charge on any atom is -0.396 e. The van der Waals surface area contributed by atoms with Crippen molar-refractivity contribution < 1.29 is 18.0 Å². The largest absolute Gasteiger partial charge is 0.396 e. The quantitative estimate of drug-likeness (QED) is 0.796. The smallest absolute Gasteiger partial charge is 0.391 e. The van der Waals surface area contributed by atoms with E-state index in [4.69, 9.17) is 11.0 Å². The number of rotatable bonds is 4. The normalized spacial score (nSPS) is 12.6. The molecule has 110 valence electrons. The molecule has 9 heteroatoms. The molecule has 5 nitrogen and oxygen atoms in total. The lowest BCUT2D eigenvalue weighted by Gasteiger charge is -2.15. The fraction of sp³-hybridized carbons (Fsp3) is 0.455. The molecule has 1 atom stereocenters. The number of nitrogen functional groups attached to an aromatic ring is 1. The number of amides is 1. The molecule has 0 aliphatic rings. The molecule has 0 aliphatic heterocycles. The van der Waals surface area contributed by atoms with Gasteiger partial charge >= 0.3 is 6.18 Å². The SMILES string of the molecule is CNC(=O)c1sc(NC(C)CC(F)(F)F)c(C#N)c1N. The standard InChI is InChI=1S/C11H13F3N4OS/c1-5(3-11(12,13)14)18-10-6(4-15)7(16)8(20-10)9(19)17-2/h5,18H,3,16H2,1-2H3,(H,17,19). The van der Waals surface area contributed by atoms with Gasteiger partial charge < -0.3 is 16.4 Å². The zero-order valence-corrected chi connectivity index (χ0v) is 11.6. The lowest BCUT2D eigenvalue weighted by Crippen LogP contribution is -2.23. The van der Waals surface area contributed by atoms with Crippen LogP contribution in [0.5, 0.6) is 0 Å². The van der Waals surface area contributed by atoms with Gasteiger partial charge in [-0.15, -0.1) is 11.3 Å². The molecule has 0 aromatic carbocycles. The van der Waals surface area contributed by atoms with Gasteiger partial charge in [0.2, 0.25) is 0 Å². The first kappa shape index (κ1) is 16.1. The summed E-state index contributed by atoms with van der Waals surface area (Å²) in [6.07, 6.45) is -5.36. The number of nitrogens with two attached hydrogens (primary N) is 1. The molecule has 0 saturated carbocycles. The predicted octanol–water partition coefficient (Wildman–Crippen LogP) is 2.31. The highest BCUT2D eigenvalue weighted by molar-refractivity contribution is 7.18. The molecular formula is C11H13F3N4OS. The van der Waals surface area contributed by atoms with Crippen LogP contribution in [0.1, 0.15) is 28.6 Å². The number of nitrogens with zero attached hydrogens (tertiary/aromatic N) is 1. The number of hydrogen-bond acceptors (Lipinski definition) is 5. The fourth-order valence-electron chi connectivity index (χ4n) is 1.56. The van der Waals surface area contributed by atoms with Gasteiger partial charge in [-0.25, -0.2) is 0 Å². The first-order chi connectivity index (χ1) is 9.19. The van der Waals surface area contributed by atoms with Crippen LogP contribution in [0.4, 0.5) is 23.9 Å². The van der Waals surface area contributed by atoms with E-state index in [1.807, 2.05) is 0 Å². The summed E-state index contributed by atoms with van der Waals surface area (Å²) >= 11 is 0.860. The molecule has 4 N–H and O–H groups in total. The molecule has 1 aromatic heterocycles. The monoisotopic (exact) mass is 306 g/mol. The summed E-state index contributed by atoms with van der Waals surface area (Å²) in [4.78, 5) is 11.6. The average molecular weight is 306 g/mol. The molecule has 0 fully saturated rings. The van der Waals surface area contributed by atoms with E-state index in [2.05, 4.69) is 10.6 Å². The van der Waals surface area contributed by atoms with Gasteiger partial charge in [0.15, 0.2) is 0 Å². The first-order valence-corrected chi connectivity index (χ1v) is 6.39. The van der Waals surface area contributed by atoms with Crippen molar-refractivity contribution in [2.75, 3.05) is 18.1 Å². The van der Waals surface area contributed by atoms with Crippen LogP contribution in [-0.4, -0.2) is 25.2 Å². The van der Waals surface area contributed by atoms with Crippen molar-refractivity contribution in [3.05, 3.63) is 10.4 Å². The number of hydrogen-bond donors (Lipinski definition) is 3. The zero-order chi connectivity index (χ0) is 15.5.